The number of aromatic nitrogens is 1. The molecule has 43 heavy (non-hydrogen) atoms. The smallest absolute Gasteiger partial charge is 0.241 e. The molecule has 0 unspecified atom stereocenters. The van der Waals surface area contributed by atoms with Crippen molar-refractivity contribution < 1.29 is 31.9 Å². The van der Waals surface area contributed by atoms with Crippen LogP contribution >= 0.6 is 0 Å². The molecule has 2 saturated heterocycles. The lowest BCUT2D eigenvalue weighted by Crippen LogP contribution is -2.35. The number of hydrogen-bond donors (Lipinski definition) is 4. The monoisotopic (exact) mass is 593 g/mol. The number of rotatable bonds is 5. The Morgan fingerprint density at radius 2 is 1.40 bits per heavy atom. The van der Waals surface area contributed by atoms with E-state index in [1.54, 1.807) is 36.4 Å². The van der Waals surface area contributed by atoms with Gasteiger partial charge in [-0.05, 0) is 75.2 Å². The lowest BCUT2D eigenvalue weighted by molar-refractivity contribution is -0.118. The second-order valence-corrected chi connectivity index (χ2v) is 11.0. The Hall–Kier alpha value is -4.42. The molecule has 4 heterocycles. The highest BCUT2D eigenvalue weighted by molar-refractivity contribution is 5.99. The Morgan fingerprint density at radius 3 is 2.00 bits per heavy atom. The van der Waals surface area contributed by atoms with Gasteiger partial charge in [0.1, 0.15) is 5.75 Å². The van der Waals surface area contributed by atoms with E-state index in [-0.39, 0.29) is 35.7 Å². The number of halogens is 4. The second-order valence-electron chi connectivity index (χ2n) is 11.0. The third-order valence-corrected chi connectivity index (χ3v) is 8.25. The second kappa shape index (κ2) is 10.7. The number of hydrogen-bond acceptors (Lipinski definition) is 5. The molecular formula is C31H27F4N5O3. The van der Waals surface area contributed by atoms with Crippen molar-refractivity contribution in [1.82, 2.24) is 15.2 Å². The van der Waals surface area contributed by atoms with E-state index in [0.29, 0.717) is 40.0 Å². The van der Waals surface area contributed by atoms with Crippen LogP contribution in [0.3, 0.4) is 0 Å². The number of amides is 2. The molecule has 0 radical (unpaired) electrons. The van der Waals surface area contributed by atoms with E-state index in [1.807, 2.05) is 0 Å². The largest absolute Gasteiger partial charge is 0.465 e. The summed E-state index contributed by atoms with van der Waals surface area (Å²) in [4.78, 5) is 25.4. The van der Waals surface area contributed by atoms with E-state index in [9.17, 15) is 18.4 Å². The lowest BCUT2D eigenvalue weighted by atomic mass is 10.1. The highest BCUT2D eigenvalue weighted by Crippen LogP contribution is 2.46. The van der Waals surface area contributed by atoms with Gasteiger partial charge in [-0.1, -0.05) is 0 Å². The van der Waals surface area contributed by atoms with Crippen LogP contribution in [-0.2, 0) is 9.59 Å². The van der Waals surface area contributed by atoms with Crippen molar-refractivity contribution in [3.8, 4) is 17.0 Å². The number of nitrogens with one attached hydrogen (secondary N) is 4. The van der Waals surface area contributed by atoms with Crippen molar-refractivity contribution in [2.45, 2.75) is 44.0 Å². The molecule has 2 fully saturated rings. The minimum absolute atomic E-state index is 0.151. The predicted octanol–water partition coefficient (Wildman–Crippen LogP) is 5.19. The maximum atomic E-state index is 15.2. The van der Waals surface area contributed by atoms with Gasteiger partial charge in [0, 0.05) is 34.5 Å². The van der Waals surface area contributed by atoms with Crippen molar-refractivity contribution in [3.05, 3.63) is 77.4 Å². The number of fused-ring (bicyclic) bond motifs is 5. The highest BCUT2D eigenvalue weighted by Gasteiger charge is 2.36. The quantitative estimate of drug-likeness (QED) is 0.189. The highest BCUT2D eigenvalue weighted by atomic mass is 19.2. The summed E-state index contributed by atoms with van der Waals surface area (Å²) in [5, 5.41) is 12.6. The van der Waals surface area contributed by atoms with Crippen molar-refractivity contribution in [2.75, 3.05) is 23.7 Å². The summed E-state index contributed by atoms with van der Waals surface area (Å²) < 4.78 is 66.7. The van der Waals surface area contributed by atoms with E-state index in [1.165, 1.54) is 10.6 Å². The third-order valence-electron chi connectivity index (χ3n) is 8.25. The van der Waals surface area contributed by atoms with Crippen LogP contribution in [0.15, 0.2) is 48.5 Å². The average molecular weight is 594 g/mol. The van der Waals surface area contributed by atoms with Gasteiger partial charge in [-0.2, -0.15) is 0 Å². The molecule has 3 atom stereocenters. The van der Waals surface area contributed by atoms with Gasteiger partial charge in [-0.25, -0.2) is 17.6 Å². The van der Waals surface area contributed by atoms with Gasteiger partial charge in [-0.3, -0.25) is 9.59 Å². The summed E-state index contributed by atoms with van der Waals surface area (Å²) in [7, 11) is 0. The van der Waals surface area contributed by atoms with Crippen molar-refractivity contribution in [2.24, 2.45) is 0 Å². The minimum atomic E-state index is -1.63. The van der Waals surface area contributed by atoms with Crippen molar-refractivity contribution >= 4 is 34.1 Å². The molecule has 1 aromatic heterocycles. The molecule has 8 nitrogen and oxygen atoms in total. The summed E-state index contributed by atoms with van der Waals surface area (Å²) in [5.74, 6) is -6.52. The van der Waals surface area contributed by atoms with Gasteiger partial charge in [-0.15, -0.1) is 0 Å². The van der Waals surface area contributed by atoms with Crippen LogP contribution in [0.2, 0.25) is 0 Å². The van der Waals surface area contributed by atoms with Crippen LogP contribution in [0.1, 0.15) is 37.5 Å². The van der Waals surface area contributed by atoms with Crippen LogP contribution in [0.5, 0.6) is 5.75 Å². The molecule has 0 bridgehead atoms. The summed E-state index contributed by atoms with van der Waals surface area (Å²) in [6.07, 6.45) is 1.57. The topological polar surface area (TPSA) is 96.4 Å². The van der Waals surface area contributed by atoms with Crippen LogP contribution < -0.4 is 26.0 Å². The zero-order valence-corrected chi connectivity index (χ0v) is 22.8. The fraction of sp³-hybridized carbons (Fsp3) is 0.290. The first-order chi connectivity index (χ1) is 20.8. The molecule has 0 saturated carbocycles. The van der Waals surface area contributed by atoms with Crippen molar-refractivity contribution in [3.63, 3.8) is 0 Å². The normalized spacial score (nSPS) is 20.9. The summed E-state index contributed by atoms with van der Waals surface area (Å²) in [6.45, 7) is 1.50. The summed E-state index contributed by atoms with van der Waals surface area (Å²) >= 11 is 0. The fourth-order valence-corrected chi connectivity index (χ4v) is 6.13. The van der Waals surface area contributed by atoms with Gasteiger partial charge >= 0.3 is 0 Å². The SMILES string of the molecule is O=C(Nc1ccc2c(c1)O[C@@H](c1c(F)c(F)cc(F)c1F)n1c-2cc2cc(NC(=O)[C@@H]3CCCN3)ccc21)[C@@H]1CCCN1. The van der Waals surface area contributed by atoms with Gasteiger partial charge < -0.3 is 30.6 Å². The van der Waals surface area contributed by atoms with E-state index >= 15 is 8.78 Å². The maximum absolute atomic E-state index is 15.2. The molecule has 0 aliphatic carbocycles. The maximum Gasteiger partial charge on any atom is 0.241 e. The molecule has 4 N–H and O–H groups in total. The number of carbonyl (C=O) groups is 2. The third kappa shape index (κ3) is 4.80. The Morgan fingerprint density at radius 1 is 0.791 bits per heavy atom. The molecule has 12 heteroatoms. The first-order valence-electron chi connectivity index (χ1n) is 14.2. The molecular weight excluding hydrogens is 566 g/mol. The molecule has 3 aliphatic heterocycles. The van der Waals surface area contributed by atoms with Gasteiger partial charge in [0.05, 0.1) is 28.9 Å². The van der Waals surface area contributed by atoms with Crippen LogP contribution in [0, 0.1) is 23.3 Å². The molecule has 2 amide bonds. The van der Waals surface area contributed by atoms with Crippen LogP contribution in [-0.4, -0.2) is 41.6 Å². The number of carbonyl (C=O) groups excluding carboxylic acids is 2. The summed E-state index contributed by atoms with van der Waals surface area (Å²) in [5.41, 5.74) is 1.41. The molecule has 7 rings (SSSR count). The van der Waals surface area contributed by atoms with Gasteiger partial charge in [0.25, 0.3) is 0 Å². The van der Waals surface area contributed by atoms with Crippen LogP contribution in [0.4, 0.5) is 28.9 Å². The first kappa shape index (κ1) is 27.4. The van der Waals surface area contributed by atoms with E-state index in [4.69, 9.17) is 4.74 Å². The average Bonchev–Trinajstić information content (AvgIpc) is 3.77. The molecule has 4 aromatic rings. The Labute approximate surface area is 243 Å². The minimum Gasteiger partial charge on any atom is -0.465 e. The zero-order chi connectivity index (χ0) is 29.8. The number of benzene rings is 3. The van der Waals surface area contributed by atoms with Crippen molar-refractivity contribution in [1.29, 1.82) is 0 Å². The lowest BCUT2D eigenvalue weighted by Gasteiger charge is -2.31. The Kier molecular flexibility index (Phi) is 6.82. The van der Waals surface area contributed by atoms with E-state index in [0.717, 1.165) is 32.4 Å². The standard InChI is InChI=1S/C31H27F4N5O3/c32-19-14-20(33)28(35)26(27(19)34)31-40-23-8-6-16(38-29(41)21-3-1-9-36-21)11-15(23)12-24(40)18-7-5-17(13-25(18)43-31)39-30(42)22-4-2-10-37-22/h5-8,11-14,21-22,31,36-37H,1-4,9-10H2,(H,38,41)(H,39,42)/t21-,22-,31-/m0/s1. The molecule has 0 spiro atoms. The van der Waals surface area contributed by atoms with Gasteiger partial charge in [0.2, 0.25) is 18.0 Å². The summed E-state index contributed by atoms with van der Waals surface area (Å²) in [6, 6.07) is 11.2. The predicted molar refractivity (Wildman–Crippen MR) is 152 cm³/mol. The number of ether oxygens (including phenoxy) is 1. The number of anilines is 2. The molecule has 222 valence electrons. The Bertz CT molecular complexity index is 1750. The fourth-order valence-electron chi connectivity index (χ4n) is 6.13. The Balaban J connectivity index is 1.33. The zero-order valence-electron chi connectivity index (χ0n) is 22.8. The van der Waals surface area contributed by atoms with Gasteiger partial charge in [0.15, 0.2) is 23.3 Å². The molecule has 3 aromatic carbocycles. The number of nitrogens with zero attached hydrogens (tertiary/aromatic N) is 1. The van der Waals surface area contributed by atoms with E-state index < -0.39 is 35.1 Å². The van der Waals surface area contributed by atoms with E-state index in [2.05, 4.69) is 21.3 Å². The first-order valence-corrected chi connectivity index (χ1v) is 14.2. The molecule has 3 aliphatic rings. The van der Waals surface area contributed by atoms with Crippen LogP contribution in [0.25, 0.3) is 22.2 Å².